The summed E-state index contributed by atoms with van der Waals surface area (Å²) >= 11 is 5.99. The average Bonchev–Trinajstić information content (AvgIpc) is 2.77. The van der Waals surface area contributed by atoms with Gasteiger partial charge in [-0.05, 0) is 24.6 Å². The zero-order valence-electron chi connectivity index (χ0n) is 16.6. The van der Waals surface area contributed by atoms with E-state index < -0.39 is 39.9 Å². The highest BCUT2D eigenvalue weighted by Crippen LogP contribution is 2.35. The Kier molecular flexibility index (Phi) is 6.21. The summed E-state index contributed by atoms with van der Waals surface area (Å²) in [5, 5.41) is -0.0798. The van der Waals surface area contributed by atoms with E-state index in [1.807, 2.05) is 0 Å². The lowest BCUT2D eigenvalue weighted by Crippen LogP contribution is -2.42. The molecule has 0 radical (unpaired) electrons. The Hall–Kier alpha value is -3.25. The van der Waals surface area contributed by atoms with Crippen molar-refractivity contribution in [3.63, 3.8) is 0 Å². The van der Waals surface area contributed by atoms with Crippen LogP contribution in [0.2, 0.25) is 5.02 Å². The van der Waals surface area contributed by atoms with Crippen molar-refractivity contribution in [1.29, 1.82) is 0 Å². The highest BCUT2D eigenvalue weighted by atomic mass is 35.5. The molecule has 3 aromatic rings. The van der Waals surface area contributed by atoms with Crippen LogP contribution >= 0.6 is 11.6 Å². The molecule has 3 heterocycles. The number of aromatic nitrogens is 3. The van der Waals surface area contributed by atoms with E-state index in [9.17, 15) is 21.6 Å². The van der Waals surface area contributed by atoms with Crippen LogP contribution in [0.15, 0.2) is 64.9 Å². The fourth-order valence-corrected chi connectivity index (χ4v) is 4.62. The smallest absolute Gasteiger partial charge is 0.426 e. The fourth-order valence-electron chi connectivity index (χ4n) is 3.10. The number of aliphatic imine (C=N–C) groups is 1. The number of sulfonamides is 1. The van der Waals surface area contributed by atoms with Crippen molar-refractivity contribution in [2.24, 2.45) is 10.9 Å². The predicted octanol–water partition coefficient (Wildman–Crippen LogP) is 4.39. The largest absolute Gasteiger partial charge is 0.461 e. The number of ether oxygens (including phenoxy) is 1. The molecule has 1 aliphatic rings. The molecular weight excluding hydrogens is 483 g/mol. The summed E-state index contributed by atoms with van der Waals surface area (Å²) in [7, 11) is -4.33. The van der Waals surface area contributed by atoms with E-state index in [0.717, 1.165) is 6.21 Å². The molecule has 1 N–H and O–H groups in total. The number of hydrogen-bond donors (Lipinski definition) is 1. The SMILES string of the molecule is O=S(=O)(Nc1nc2ccncc2nc1OC(C1C=NC=CC1)C(F)(F)F)c1ccccc1Cl. The van der Waals surface area contributed by atoms with Gasteiger partial charge in [0.05, 0.1) is 16.7 Å². The minimum atomic E-state index is -4.80. The maximum absolute atomic E-state index is 13.9. The summed E-state index contributed by atoms with van der Waals surface area (Å²) in [5.41, 5.74) is 0.311. The Labute approximate surface area is 191 Å². The summed E-state index contributed by atoms with van der Waals surface area (Å²) in [6.07, 6.45) is -0.482. The number of pyridine rings is 1. The van der Waals surface area contributed by atoms with Crippen LogP contribution in [-0.2, 0) is 10.0 Å². The zero-order chi connectivity index (χ0) is 23.6. The Bertz CT molecular complexity index is 1350. The van der Waals surface area contributed by atoms with Crippen LogP contribution in [0.5, 0.6) is 5.88 Å². The highest BCUT2D eigenvalue weighted by Gasteiger charge is 2.47. The molecule has 0 saturated carbocycles. The predicted molar refractivity (Wildman–Crippen MR) is 116 cm³/mol. The lowest BCUT2D eigenvalue weighted by Gasteiger charge is -2.27. The van der Waals surface area contributed by atoms with Gasteiger partial charge in [0.1, 0.15) is 10.4 Å². The third-order valence-corrected chi connectivity index (χ3v) is 6.46. The van der Waals surface area contributed by atoms with Crippen molar-refractivity contribution >= 4 is 44.7 Å². The van der Waals surface area contributed by atoms with Gasteiger partial charge in [-0.3, -0.25) is 14.7 Å². The Balaban J connectivity index is 1.78. The van der Waals surface area contributed by atoms with Crippen molar-refractivity contribution in [3.8, 4) is 5.88 Å². The van der Waals surface area contributed by atoms with E-state index >= 15 is 0 Å². The zero-order valence-corrected chi connectivity index (χ0v) is 18.1. The molecule has 0 aliphatic carbocycles. The van der Waals surface area contributed by atoms with E-state index in [4.69, 9.17) is 16.3 Å². The summed E-state index contributed by atoms with van der Waals surface area (Å²) < 4.78 is 74.8. The van der Waals surface area contributed by atoms with Crippen LogP contribution in [0.4, 0.5) is 19.0 Å². The van der Waals surface area contributed by atoms with Gasteiger partial charge in [0.25, 0.3) is 15.9 Å². The van der Waals surface area contributed by atoms with E-state index in [2.05, 4.69) is 24.7 Å². The number of benzene rings is 1. The maximum Gasteiger partial charge on any atom is 0.426 e. The van der Waals surface area contributed by atoms with Gasteiger partial charge in [0.2, 0.25) is 11.9 Å². The summed E-state index contributed by atoms with van der Waals surface area (Å²) in [4.78, 5) is 15.5. The lowest BCUT2D eigenvalue weighted by atomic mass is 9.98. The monoisotopic (exact) mass is 497 g/mol. The van der Waals surface area contributed by atoms with Crippen molar-refractivity contribution < 1.29 is 26.3 Å². The van der Waals surface area contributed by atoms with Crippen LogP contribution < -0.4 is 9.46 Å². The Morgan fingerprint density at radius 3 is 2.64 bits per heavy atom. The Morgan fingerprint density at radius 1 is 1.15 bits per heavy atom. The van der Waals surface area contributed by atoms with E-state index in [1.165, 1.54) is 55.0 Å². The maximum atomic E-state index is 13.9. The third-order valence-electron chi connectivity index (χ3n) is 4.62. The second kappa shape index (κ2) is 8.94. The third kappa shape index (κ3) is 5.06. The average molecular weight is 498 g/mol. The van der Waals surface area contributed by atoms with Gasteiger partial charge in [-0.1, -0.05) is 29.8 Å². The molecule has 0 fully saturated rings. The highest BCUT2D eigenvalue weighted by molar-refractivity contribution is 7.92. The fraction of sp³-hybridized carbons (Fsp3) is 0.200. The number of nitrogens with one attached hydrogen (secondary N) is 1. The molecular formula is C20H15ClF3N5O3S. The van der Waals surface area contributed by atoms with Crippen LogP contribution in [0.3, 0.4) is 0 Å². The van der Waals surface area contributed by atoms with E-state index in [1.54, 1.807) is 0 Å². The first kappa shape index (κ1) is 22.9. The number of alkyl halides is 3. The van der Waals surface area contributed by atoms with E-state index in [0.29, 0.717) is 0 Å². The van der Waals surface area contributed by atoms with Crippen molar-refractivity contribution in [1.82, 2.24) is 15.0 Å². The number of anilines is 1. The van der Waals surface area contributed by atoms with Gasteiger partial charge in [0, 0.05) is 24.5 Å². The van der Waals surface area contributed by atoms with Gasteiger partial charge in [0.15, 0.2) is 0 Å². The Morgan fingerprint density at radius 2 is 1.94 bits per heavy atom. The molecule has 8 nitrogen and oxygen atoms in total. The molecule has 2 atom stereocenters. The van der Waals surface area contributed by atoms with Gasteiger partial charge in [-0.15, -0.1) is 0 Å². The molecule has 2 unspecified atom stereocenters. The summed E-state index contributed by atoms with van der Waals surface area (Å²) in [5.74, 6) is -2.32. The van der Waals surface area contributed by atoms with Gasteiger partial charge < -0.3 is 4.74 Å². The van der Waals surface area contributed by atoms with Crippen LogP contribution in [-0.4, -0.2) is 41.9 Å². The molecule has 4 rings (SSSR count). The molecule has 13 heteroatoms. The van der Waals surface area contributed by atoms with E-state index in [-0.39, 0.29) is 27.4 Å². The molecule has 172 valence electrons. The van der Waals surface area contributed by atoms with Crippen LogP contribution in [0.25, 0.3) is 11.0 Å². The van der Waals surface area contributed by atoms with Crippen LogP contribution in [0.1, 0.15) is 6.42 Å². The quantitative estimate of drug-likeness (QED) is 0.541. The molecule has 0 bridgehead atoms. The number of hydrogen-bond acceptors (Lipinski definition) is 7. The topological polar surface area (TPSA) is 106 Å². The molecule has 0 spiro atoms. The summed E-state index contributed by atoms with van der Waals surface area (Å²) in [6, 6.07) is 7.02. The first-order valence-corrected chi connectivity index (χ1v) is 11.3. The molecule has 0 saturated heterocycles. The lowest BCUT2D eigenvalue weighted by molar-refractivity contribution is -0.203. The molecule has 33 heavy (non-hydrogen) atoms. The second-order valence-electron chi connectivity index (χ2n) is 6.94. The first-order valence-electron chi connectivity index (χ1n) is 9.46. The normalized spacial score (nSPS) is 17.2. The van der Waals surface area contributed by atoms with Gasteiger partial charge in [-0.2, -0.15) is 13.2 Å². The summed E-state index contributed by atoms with van der Waals surface area (Å²) in [6.45, 7) is 0. The van der Waals surface area contributed by atoms with Gasteiger partial charge >= 0.3 is 6.18 Å². The molecule has 2 aromatic heterocycles. The first-order chi connectivity index (χ1) is 15.6. The second-order valence-corrected chi connectivity index (χ2v) is 9.00. The molecule has 1 aliphatic heterocycles. The minimum absolute atomic E-state index is 0.0247. The number of halogens is 4. The van der Waals surface area contributed by atoms with Crippen molar-refractivity contribution in [2.75, 3.05) is 4.72 Å². The number of fused-ring (bicyclic) bond motifs is 1. The number of rotatable bonds is 6. The minimum Gasteiger partial charge on any atom is -0.461 e. The molecule has 0 amide bonds. The number of nitrogens with zero attached hydrogens (tertiary/aromatic N) is 4. The molecule has 1 aromatic carbocycles. The van der Waals surface area contributed by atoms with Crippen LogP contribution in [0, 0.1) is 5.92 Å². The van der Waals surface area contributed by atoms with Crippen molar-refractivity contribution in [2.45, 2.75) is 23.6 Å². The number of allylic oxidation sites excluding steroid dienone is 1. The van der Waals surface area contributed by atoms with Crippen molar-refractivity contribution in [3.05, 3.63) is 60.0 Å². The standard InChI is InChI=1S/C20H15ClF3N5O3S/c21-13-5-1-2-6-16(13)33(30,31)29-18-19(28-15-11-26-9-7-14(15)27-18)32-17(20(22,23)24)12-4-3-8-25-10-12/h1-3,5-12,17H,4H2,(H,27,29). The van der Waals surface area contributed by atoms with Gasteiger partial charge in [-0.25, -0.2) is 18.4 Å².